The van der Waals surface area contributed by atoms with E-state index in [-0.39, 0.29) is 18.5 Å². The van der Waals surface area contributed by atoms with Crippen molar-refractivity contribution in [2.24, 2.45) is 0 Å². The molecule has 0 bridgehead atoms. The lowest BCUT2D eigenvalue weighted by Gasteiger charge is -2.10. The molecule has 0 saturated carbocycles. The highest BCUT2D eigenvalue weighted by Crippen LogP contribution is 2.13. The normalized spacial score (nSPS) is 13.9. The number of nitrogens with zero attached hydrogens (tertiary/aromatic N) is 3. The molecule has 0 saturated heterocycles. The Hall–Kier alpha value is -2.15. The molecule has 20 heavy (non-hydrogen) atoms. The lowest BCUT2D eigenvalue weighted by Crippen LogP contribution is -2.30. The predicted octanol–water partition coefficient (Wildman–Crippen LogP) is 1.19. The average Bonchev–Trinajstić information content (AvgIpc) is 3.08. The largest absolute Gasteiger partial charge is 0.467 e. The van der Waals surface area contributed by atoms with E-state index >= 15 is 0 Å². The first-order valence-electron chi connectivity index (χ1n) is 6.51. The standard InChI is InChI=1S/C13H18N4O3/c1-3-11(18)10-7-17(16-15-10)8-13(19)14-9(2)12-5-4-6-20-12/h4-7,9,11,18H,3,8H2,1-2H3,(H,14,19). The molecule has 0 aliphatic heterocycles. The van der Waals surface area contributed by atoms with Gasteiger partial charge in [0.15, 0.2) is 0 Å². The summed E-state index contributed by atoms with van der Waals surface area (Å²) in [5.41, 5.74) is 0.472. The number of aromatic nitrogens is 3. The van der Waals surface area contributed by atoms with Gasteiger partial charge in [-0.1, -0.05) is 12.1 Å². The highest BCUT2D eigenvalue weighted by Gasteiger charge is 2.14. The Morgan fingerprint density at radius 2 is 2.40 bits per heavy atom. The highest BCUT2D eigenvalue weighted by atomic mass is 16.3. The molecular weight excluding hydrogens is 260 g/mol. The fourth-order valence-corrected chi connectivity index (χ4v) is 1.80. The molecule has 7 heteroatoms. The van der Waals surface area contributed by atoms with E-state index in [1.54, 1.807) is 24.6 Å². The summed E-state index contributed by atoms with van der Waals surface area (Å²) in [5.74, 6) is 0.496. The first-order valence-corrected chi connectivity index (χ1v) is 6.51. The molecule has 7 nitrogen and oxygen atoms in total. The summed E-state index contributed by atoms with van der Waals surface area (Å²) >= 11 is 0. The first kappa shape index (κ1) is 14.3. The van der Waals surface area contributed by atoms with Gasteiger partial charge in [-0.15, -0.1) is 5.10 Å². The second kappa shape index (κ2) is 6.33. The van der Waals surface area contributed by atoms with Crippen molar-refractivity contribution in [2.45, 2.75) is 39.0 Å². The Morgan fingerprint density at radius 1 is 1.60 bits per heavy atom. The smallest absolute Gasteiger partial charge is 0.242 e. The Morgan fingerprint density at radius 3 is 3.05 bits per heavy atom. The molecule has 1 amide bonds. The van der Waals surface area contributed by atoms with Gasteiger partial charge in [0.25, 0.3) is 0 Å². The number of aliphatic hydroxyl groups is 1. The van der Waals surface area contributed by atoms with E-state index in [0.717, 1.165) is 0 Å². The Kier molecular flexibility index (Phi) is 4.52. The fraction of sp³-hybridized carbons (Fsp3) is 0.462. The predicted molar refractivity (Wildman–Crippen MR) is 70.5 cm³/mol. The SMILES string of the molecule is CCC(O)c1cn(CC(=O)NC(C)c2ccco2)nn1. The molecule has 0 radical (unpaired) electrons. The highest BCUT2D eigenvalue weighted by molar-refractivity contribution is 5.76. The number of rotatable bonds is 6. The van der Waals surface area contributed by atoms with Gasteiger partial charge in [-0.3, -0.25) is 4.79 Å². The van der Waals surface area contributed by atoms with Crippen molar-refractivity contribution in [3.8, 4) is 0 Å². The third-order valence-corrected chi connectivity index (χ3v) is 2.94. The van der Waals surface area contributed by atoms with Gasteiger partial charge in [-0.25, -0.2) is 4.68 Å². The van der Waals surface area contributed by atoms with Crippen LogP contribution in [-0.4, -0.2) is 26.0 Å². The Bertz CT molecular complexity index is 550. The molecule has 2 aromatic rings. The molecule has 0 aliphatic rings. The monoisotopic (exact) mass is 278 g/mol. The van der Waals surface area contributed by atoms with Crippen LogP contribution in [0, 0.1) is 0 Å². The lowest BCUT2D eigenvalue weighted by atomic mass is 10.2. The van der Waals surface area contributed by atoms with Crippen LogP contribution in [0.4, 0.5) is 0 Å². The van der Waals surface area contributed by atoms with Crippen molar-refractivity contribution in [1.29, 1.82) is 0 Å². The zero-order valence-corrected chi connectivity index (χ0v) is 11.5. The zero-order chi connectivity index (χ0) is 14.5. The van der Waals surface area contributed by atoms with Gasteiger partial charge < -0.3 is 14.8 Å². The zero-order valence-electron chi connectivity index (χ0n) is 11.5. The topological polar surface area (TPSA) is 93.2 Å². The van der Waals surface area contributed by atoms with E-state index in [1.807, 2.05) is 13.8 Å². The van der Waals surface area contributed by atoms with Gasteiger partial charge in [0, 0.05) is 0 Å². The number of furan rings is 1. The van der Waals surface area contributed by atoms with E-state index < -0.39 is 6.10 Å². The molecule has 0 fully saturated rings. The Balaban J connectivity index is 1.90. The minimum Gasteiger partial charge on any atom is -0.467 e. The van der Waals surface area contributed by atoms with E-state index in [1.165, 1.54) is 4.68 Å². The van der Waals surface area contributed by atoms with Crippen LogP contribution in [0.2, 0.25) is 0 Å². The van der Waals surface area contributed by atoms with Crippen molar-refractivity contribution in [3.63, 3.8) is 0 Å². The van der Waals surface area contributed by atoms with Crippen LogP contribution in [0.25, 0.3) is 0 Å². The lowest BCUT2D eigenvalue weighted by molar-refractivity contribution is -0.122. The number of aliphatic hydroxyl groups excluding tert-OH is 1. The molecular formula is C13H18N4O3. The molecule has 2 atom stereocenters. The van der Waals surface area contributed by atoms with Gasteiger partial charge in [0.2, 0.25) is 5.91 Å². The summed E-state index contributed by atoms with van der Waals surface area (Å²) in [6, 6.07) is 3.37. The number of amides is 1. The molecule has 2 aromatic heterocycles. The molecule has 2 rings (SSSR count). The van der Waals surface area contributed by atoms with Crippen LogP contribution in [0.3, 0.4) is 0 Å². The molecule has 2 N–H and O–H groups in total. The molecule has 0 spiro atoms. The molecule has 2 heterocycles. The summed E-state index contributed by atoms with van der Waals surface area (Å²) in [6.07, 6.45) is 3.05. The Labute approximate surface area is 116 Å². The third kappa shape index (κ3) is 3.45. The van der Waals surface area contributed by atoms with Crippen LogP contribution in [0.5, 0.6) is 0 Å². The van der Waals surface area contributed by atoms with Crippen molar-refractivity contribution in [2.75, 3.05) is 0 Å². The summed E-state index contributed by atoms with van der Waals surface area (Å²) in [5, 5.41) is 20.1. The van der Waals surface area contributed by atoms with Crippen LogP contribution < -0.4 is 5.32 Å². The summed E-state index contributed by atoms with van der Waals surface area (Å²) < 4.78 is 6.62. The summed E-state index contributed by atoms with van der Waals surface area (Å²) in [7, 11) is 0. The van der Waals surface area contributed by atoms with E-state index in [4.69, 9.17) is 4.42 Å². The van der Waals surface area contributed by atoms with Gasteiger partial charge in [-0.05, 0) is 25.5 Å². The maximum Gasteiger partial charge on any atom is 0.242 e. The van der Waals surface area contributed by atoms with Crippen molar-refractivity contribution in [3.05, 3.63) is 36.0 Å². The number of nitrogens with one attached hydrogen (secondary N) is 1. The molecule has 0 aliphatic carbocycles. The van der Waals surface area contributed by atoms with Gasteiger partial charge >= 0.3 is 0 Å². The van der Waals surface area contributed by atoms with Crippen LogP contribution >= 0.6 is 0 Å². The van der Waals surface area contributed by atoms with Gasteiger partial charge in [-0.2, -0.15) is 0 Å². The number of carbonyl (C=O) groups is 1. The number of hydrogen-bond acceptors (Lipinski definition) is 5. The second-order valence-electron chi connectivity index (χ2n) is 4.57. The minimum atomic E-state index is -0.645. The molecule has 108 valence electrons. The quantitative estimate of drug-likeness (QED) is 0.828. The average molecular weight is 278 g/mol. The summed E-state index contributed by atoms with van der Waals surface area (Å²) in [4.78, 5) is 11.9. The van der Waals surface area contributed by atoms with Gasteiger partial charge in [0.1, 0.15) is 18.0 Å². The van der Waals surface area contributed by atoms with Crippen LogP contribution in [0.1, 0.15) is 43.9 Å². The minimum absolute atomic E-state index is 0.0501. The van der Waals surface area contributed by atoms with Crippen molar-refractivity contribution < 1.29 is 14.3 Å². The van der Waals surface area contributed by atoms with Crippen LogP contribution in [0.15, 0.2) is 29.0 Å². The molecule has 2 unspecified atom stereocenters. The van der Waals surface area contributed by atoms with Crippen LogP contribution in [-0.2, 0) is 11.3 Å². The van der Waals surface area contributed by atoms with E-state index in [9.17, 15) is 9.90 Å². The fourth-order valence-electron chi connectivity index (χ4n) is 1.80. The van der Waals surface area contributed by atoms with Crippen molar-refractivity contribution >= 4 is 5.91 Å². The summed E-state index contributed by atoms with van der Waals surface area (Å²) in [6.45, 7) is 3.74. The second-order valence-corrected chi connectivity index (χ2v) is 4.57. The van der Waals surface area contributed by atoms with Gasteiger partial charge in [0.05, 0.1) is 24.6 Å². The maximum absolute atomic E-state index is 11.9. The number of hydrogen-bond donors (Lipinski definition) is 2. The van der Waals surface area contributed by atoms with E-state index in [0.29, 0.717) is 17.9 Å². The van der Waals surface area contributed by atoms with E-state index in [2.05, 4.69) is 15.6 Å². The first-order chi connectivity index (χ1) is 9.60. The molecule has 0 aromatic carbocycles. The third-order valence-electron chi connectivity index (χ3n) is 2.94. The van der Waals surface area contributed by atoms with Crippen molar-refractivity contribution in [1.82, 2.24) is 20.3 Å². The maximum atomic E-state index is 11.9. The number of carbonyl (C=O) groups excluding carboxylic acids is 1.